The maximum absolute atomic E-state index is 5.67. The van der Waals surface area contributed by atoms with E-state index >= 15 is 0 Å². The van der Waals surface area contributed by atoms with Crippen molar-refractivity contribution in [3.63, 3.8) is 0 Å². The summed E-state index contributed by atoms with van der Waals surface area (Å²) in [5, 5.41) is 0. The molecule has 0 amide bonds. The van der Waals surface area contributed by atoms with Crippen LogP contribution in [-0.4, -0.2) is 52.7 Å². The average Bonchev–Trinajstić information content (AvgIpc) is 2.30. The van der Waals surface area contributed by atoms with Crippen LogP contribution in [0, 0.1) is 0 Å². The lowest BCUT2D eigenvalue weighted by molar-refractivity contribution is 0.109. The highest BCUT2D eigenvalue weighted by Gasteiger charge is 2.41. The fourth-order valence-electron chi connectivity index (χ4n) is 1.06. The van der Waals surface area contributed by atoms with Gasteiger partial charge < -0.3 is 21.8 Å². The summed E-state index contributed by atoms with van der Waals surface area (Å²) >= 11 is 5.63. The fraction of sp³-hybridized carbons (Fsp3) is 1.00. The first-order valence-electron chi connectivity index (χ1n) is 4.57. The van der Waals surface area contributed by atoms with Crippen LogP contribution in [0.25, 0.3) is 0 Å². The topological polar surface area (TPSA) is 46.2 Å². The molecular formula is C7H19ClO5Si2. The van der Waals surface area contributed by atoms with Crippen molar-refractivity contribution in [1.29, 1.82) is 0 Å². The third kappa shape index (κ3) is 5.41. The zero-order valence-electron chi connectivity index (χ0n) is 9.62. The van der Waals surface area contributed by atoms with E-state index in [-0.39, 0.29) is 0 Å². The highest BCUT2D eigenvalue weighted by molar-refractivity contribution is 6.67. The molecule has 0 aliphatic rings. The summed E-state index contributed by atoms with van der Waals surface area (Å²) in [6.45, 7) is 0. The molecule has 0 spiro atoms. The summed E-state index contributed by atoms with van der Waals surface area (Å²) in [5.41, 5.74) is 0. The second kappa shape index (κ2) is 8.65. The van der Waals surface area contributed by atoms with Gasteiger partial charge in [0, 0.05) is 40.4 Å². The predicted molar refractivity (Wildman–Crippen MR) is 62.2 cm³/mol. The van der Waals surface area contributed by atoms with Gasteiger partial charge in [0.2, 0.25) is 0 Å². The molecule has 0 aromatic heterocycles. The van der Waals surface area contributed by atoms with Crippen molar-refractivity contribution in [2.75, 3.05) is 34.3 Å². The molecule has 0 aromatic rings. The maximum atomic E-state index is 5.67. The van der Waals surface area contributed by atoms with Gasteiger partial charge in [0.05, 0.1) is 0 Å². The molecule has 0 atom stereocenters. The van der Waals surface area contributed by atoms with Gasteiger partial charge in [-0.3, -0.25) is 0 Å². The molecule has 0 saturated heterocycles. The zero-order valence-corrected chi connectivity index (χ0v) is 12.5. The van der Waals surface area contributed by atoms with Gasteiger partial charge in [-0.25, -0.2) is 0 Å². The number of rotatable bonds is 9. The predicted octanol–water partition coefficient (Wildman–Crippen LogP) is 0.874. The SMILES string of the molecule is CO[SiH](OC)O[Si](CCCCl)(OC)OC. The molecule has 0 rings (SSSR count). The highest BCUT2D eigenvalue weighted by Crippen LogP contribution is 2.17. The van der Waals surface area contributed by atoms with Crippen LogP contribution >= 0.6 is 11.6 Å². The Hall–Kier alpha value is 0.524. The van der Waals surface area contributed by atoms with Gasteiger partial charge in [-0.1, -0.05) is 0 Å². The molecule has 0 fully saturated rings. The van der Waals surface area contributed by atoms with Crippen LogP contribution in [0.1, 0.15) is 6.42 Å². The van der Waals surface area contributed by atoms with Gasteiger partial charge in [0.15, 0.2) is 0 Å². The van der Waals surface area contributed by atoms with E-state index in [4.69, 9.17) is 33.4 Å². The standard InChI is InChI=1S/C7H19ClO5Si2/c1-9-14(10-2)13-15(11-3,12-4)7-5-6-8/h14H,5-7H2,1-4H3. The molecule has 8 heteroatoms. The molecule has 0 unspecified atom stereocenters. The Labute approximate surface area is 98.9 Å². The van der Waals surface area contributed by atoms with Crippen LogP contribution in [0.15, 0.2) is 0 Å². The first-order chi connectivity index (χ1) is 7.17. The Bertz CT molecular complexity index is 154. The summed E-state index contributed by atoms with van der Waals surface area (Å²) in [6, 6.07) is 0.666. The fourth-order valence-corrected chi connectivity index (χ4v) is 5.98. The van der Waals surface area contributed by atoms with Crippen molar-refractivity contribution in [2.24, 2.45) is 0 Å². The third-order valence-corrected chi connectivity index (χ3v) is 7.35. The van der Waals surface area contributed by atoms with Crippen molar-refractivity contribution in [3.05, 3.63) is 0 Å². The molecule has 0 aliphatic carbocycles. The van der Waals surface area contributed by atoms with Gasteiger partial charge in [0.25, 0.3) is 0 Å². The monoisotopic (exact) mass is 274 g/mol. The van der Waals surface area contributed by atoms with E-state index in [1.165, 1.54) is 0 Å². The Morgan fingerprint density at radius 1 is 1.07 bits per heavy atom. The third-order valence-electron chi connectivity index (χ3n) is 1.90. The molecule has 15 heavy (non-hydrogen) atoms. The average molecular weight is 275 g/mol. The zero-order chi connectivity index (χ0) is 11.7. The van der Waals surface area contributed by atoms with E-state index in [9.17, 15) is 0 Å². The van der Waals surface area contributed by atoms with Crippen LogP contribution in [0.3, 0.4) is 0 Å². The van der Waals surface area contributed by atoms with E-state index < -0.39 is 18.3 Å². The molecule has 5 nitrogen and oxygen atoms in total. The van der Waals surface area contributed by atoms with Crippen molar-refractivity contribution < 1.29 is 21.8 Å². The lowest BCUT2D eigenvalue weighted by Crippen LogP contribution is -2.49. The normalized spacial score (nSPS) is 12.4. The largest absolute Gasteiger partial charge is 0.492 e. The van der Waals surface area contributed by atoms with E-state index in [1.54, 1.807) is 28.4 Å². The van der Waals surface area contributed by atoms with Gasteiger partial charge >= 0.3 is 18.3 Å². The molecule has 0 heterocycles. The molecule has 0 radical (unpaired) electrons. The summed E-state index contributed by atoms with van der Waals surface area (Å²) in [6.07, 6.45) is 0.782. The van der Waals surface area contributed by atoms with E-state index in [0.29, 0.717) is 11.9 Å². The number of alkyl halides is 1. The number of hydrogen-bond donors (Lipinski definition) is 0. The minimum Gasteiger partial charge on any atom is -0.380 e. The van der Waals surface area contributed by atoms with Gasteiger partial charge in [-0.2, -0.15) is 0 Å². The Morgan fingerprint density at radius 2 is 1.60 bits per heavy atom. The minimum absolute atomic E-state index is 0.553. The first-order valence-corrected chi connectivity index (χ1v) is 8.45. The first kappa shape index (κ1) is 15.5. The summed E-state index contributed by atoms with van der Waals surface area (Å²) in [7, 11) is 1.47. The smallest absolute Gasteiger partial charge is 0.380 e. The van der Waals surface area contributed by atoms with Gasteiger partial charge in [0.1, 0.15) is 0 Å². The van der Waals surface area contributed by atoms with E-state index in [0.717, 1.165) is 6.42 Å². The molecule has 0 aromatic carbocycles. The molecule has 0 aliphatic heterocycles. The van der Waals surface area contributed by atoms with Gasteiger partial charge in [-0.15, -0.1) is 11.6 Å². The maximum Gasteiger partial charge on any atom is 0.492 e. The molecule has 0 N–H and O–H groups in total. The summed E-state index contributed by atoms with van der Waals surface area (Å²) in [5.74, 6) is 0.553. The van der Waals surface area contributed by atoms with Crippen LogP contribution in [0.4, 0.5) is 0 Å². The van der Waals surface area contributed by atoms with Crippen molar-refractivity contribution in [2.45, 2.75) is 12.5 Å². The Kier molecular flexibility index (Phi) is 8.95. The van der Waals surface area contributed by atoms with Crippen molar-refractivity contribution in [1.82, 2.24) is 0 Å². The molecule has 0 saturated carbocycles. The van der Waals surface area contributed by atoms with Crippen LogP contribution < -0.4 is 0 Å². The van der Waals surface area contributed by atoms with Crippen LogP contribution in [-0.2, 0) is 21.8 Å². The van der Waals surface area contributed by atoms with E-state index in [1.807, 2.05) is 0 Å². The quantitative estimate of drug-likeness (QED) is 0.461. The van der Waals surface area contributed by atoms with Crippen molar-refractivity contribution in [3.8, 4) is 0 Å². The van der Waals surface area contributed by atoms with Crippen LogP contribution in [0.2, 0.25) is 6.04 Å². The Morgan fingerprint density at radius 3 is 1.93 bits per heavy atom. The molecule has 0 bridgehead atoms. The van der Waals surface area contributed by atoms with Crippen LogP contribution in [0.5, 0.6) is 0 Å². The lowest BCUT2D eigenvalue weighted by atomic mass is 10.6. The number of halogens is 1. The molecular weight excluding hydrogens is 256 g/mol. The van der Waals surface area contributed by atoms with E-state index in [2.05, 4.69) is 0 Å². The number of hydrogen-bond acceptors (Lipinski definition) is 5. The van der Waals surface area contributed by atoms with Gasteiger partial charge in [-0.05, 0) is 6.42 Å². The minimum atomic E-state index is -2.64. The highest BCUT2D eigenvalue weighted by atomic mass is 35.5. The Balaban J connectivity index is 4.32. The second-order valence-electron chi connectivity index (χ2n) is 2.76. The molecule has 92 valence electrons. The lowest BCUT2D eigenvalue weighted by Gasteiger charge is -2.28. The van der Waals surface area contributed by atoms with Crippen molar-refractivity contribution >= 4 is 29.9 Å². The summed E-state index contributed by atoms with van der Waals surface area (Å²) < 4.78 is 26.5. The summed E-state index contributed by atoms with van der Waals surface area (Å²) in [4.78, 5) is 0. The second-order valence-corrected chi connectivity index (χ2v) is 8.29.